The van der Waals surface area contributed by atoms with Crippen molar-refractivity contribution in [3.63, 3.8) is 0 Å². The summed E-state index contributed by atoms with van der Waals surface area (Å²) < 4.78 is 7.94. The van der Waals surface area contributed by atoms with E-state index >= 15 is 0 Å². The number of nitrogens with one attached hydrogen (secondary N) is 1. The SMILES string of the molecule is Cc1c(CNCC2CCCO2)n(C)c2ccccc12. The summed E-state index contributed by atoms with van der Waals surface area (Å²) in [7, 11) is 2.15. The van der Waals surface area contributed by atoms with Crippen molar-refractivity contribution in [1.82, 2.24) is 9.88 Å². The molecule has 0 aliphatic carbocycles. The standard InChI is InChI=1S/C16H22N2O/c1-12-14-7-3-4-8-15(14)18(2)16(12)11-17-10-13-6-5-9-19-13/h3-4,7-8,13,17H,5-6,9-11H2,1-2H3. The summed E-state index contributed by atoms with van der Waals surface area (Å²) in [6.45, 7) is 5.02. The lowest BCUT2D eigenvalue weighted by molar-refractivity contribution is 0.110. The fourth-order valence-electron chi connectivity index (χ4n) is 3.04. The first kappa shape index (κ1) is 12.7. The number of hydrogen-bond acceptors (Lipinski definition) is 2. The van der Waals surface area contributed by atoms with Crippen molar-refractivity contribution in [1.29, 1.82) is 0 Å². The number of aryl methyl sites for hydroxylation is 2. The van der Waals surface area contributed by atoms with Crippen molar-refractivity contribution in [2.24, 2.45) is 7.05 Å². The Balaban J connectivity index is 1.73. The van der Waals surface area contributed by atoms with Crippen molar-refractivity contribution in [2.75, 3.05) is 13.2 Å². The van der Waals surface area contributed by atoms with Crippen LogP contribution in [0.15, 0.2) is 24.3 Å². The van der Waals surface area contributed by atoms with Gasteiger partial charge in [-0.1, -0.05) is 18.2 Å². The van der Waals surface area contributed by atoms with Crippen LogP contribution < -0.4 is 5.32 Å². The molecule has 0 radical (unpaired) electrons. The van der Waals surface area contributed by atoms with Crippen LogP contribution in [0.25, 0.3) is 10.9 Å². The van der Waals surface area contributed by atoms with E-state index in [1.807, 2.05) is 0 Å². The highest BCUT2D eigenvalue weighted by Gasteiger charge is 2.16. The summed E-state index contributed by atoms with van der Waals surface area (Å²) in [4.78, 5) is 0. The summed E-state index contributed by atoms with van der Waals surface area (Å²) in [5.41, 5.74) is 4.08. The molecule has 1 aromatic carbocycles. The molecule has 0 amide bonds. The first-order valence-corrected chi connectivity index (χ1v) is 7.12. The van der Waals surface area contributed by atoms with E-state index in [9.17, 15) is 0 Å². The maximum atomic E-state index is 5.64. The van der Waals surface area contributed by atoms with Gasteiger partial charge >= 0.3 is 0 Å². The number of rotatable bonds is 4. The summed E-state index contributed by atoms with van der Waals surface area (Å²) in [6, 6.07) is 8.60. The molecule has 1 N–H and O–H groups in total. The molecule has 0 bridgehead atoms. The van der Waals surface area contributed by atoms with E-state index in [-0.39, 0.29) is 0 Å². The van der Waals surface area contributed by atoms with Gasteiger partial charge in [0, 0.05) is 43.3 Å². The third-order valence-electron chi connectivity index (χ3n) is 4.20. The zero-order valence-corrected chi connectivity index (χ0v) is 11.8. The molecule has 1 atom stereocenters. The molecule has 2 aromatic rings. The Morgan fingerprint density at radius 3 is 2.95 bits per heavy atom. The second kappa shape index (κ2) is 5.35. The molecule has 1 unspecified atom stereocenters. The van der Waals surface area contributed by atoms with Crippen LogP contribution in [0.4, 0.5) is 0 Å². The van der Waals surface area contributed by atoms with Gasteiger partial charge < -0.3 is 14.6 Å². The topological polar surface area (TPSA) is 26.2 Å². The van der Waals surface area contributed by atoms with Crippen LogP contribution in [-0.2, 0) is 18.3 Å². The Labute approximate surface area is 114 Å². The Morgan fingerprint density at radius 2 is 2.21 bits per heavy atom. The molecule has 1 fully saturated rings. The van der Waals surface area contributed by atoms with Crippen molar-refractivity contribution in [3.05, 3.63) is 35.5 Å². The predicted octanol–water partition coefficient (Wildman–Crippen LogP) is 2.76. The second-order valence-corrected chi connectivity index (χ2v) is 5.41. The largest absolute Gasteiger partial charge is 0.377 e. The molecule has 0 spiro atoms. The minimum Gasteiger partial charge on any atom is -0.377 e. The van der Waals surface area contributed by atoms with Gasteiger partial charge in [-0.15, -0.1) is 0 Å². The molecule has 1 aliphatic rings. The number of benzene rings is 1. The van der Waals surface area contributed by atoms with Gasteiger partial charge in [0.25, 0.3) is 0 Å². The molecule has 3 rings (SSSR count). The van der Waals surface area contributed by atoms with Crippen LogP contribution in [0, 0.1) is 6.92 Å². The molecular formula is C16H22N2O. The number of nitrogens with zero attached hydrogens (tertiary/aromatic N) is 1. The van der Waals surface area contributed by atoms with Gasteiger partial charge in [-0.25, -0.2) is 0 Å². The fourth-order valence-corrected chi connectivity index (χ4v) is 3.04. The summed E-state index contributed by atoms with van der Waals surface area (Å²) >= 11 is 0. The molecule has 1 saturated heterocycles. The molecule has 2 heterocycles. The number of fused-ring (bicyclic) bond motifs is 1. The third kappa shape index (κ3) is 2.40. The second-order valence-electron chi connectivity index (χ2n) is 5.41. The van der Waals surface area contributed by atoms with Gasteiger partial charge in [0.2, 0.25) is 0 Å². The van der Waals surface area contributed by atoms with E-state index in [0.717, 1.165) is 19.7 Å². The van der Waals surface area contributed by atoms with Gasteiger partial charge in [0.05, 0.1) is 6.10 Å². The van der Waals surface area contributed by atoms with E-state index in [1.165, 1.54) is 35.0 Å². The lowest BCUT2D eigenvalue weighted by Crippen LogP contribution is -2.26. The lowest BCUT2D eigenvalue weighted by Gasteiger charge is -2.12. The van der Waals surface area contributed by atoms with Gasteiger partial charge in [-0.3, -0.25) is 0 Å². The van der Waals surface area contributed by atoms with Gasteiger partial charge in [0.15, 0.2) is 0 Å². The average molecular weight is 258 g/mol. The highest BCUT2D eigenvalue weighted by Crippen LogP contribution is 2.24. The molecule has 102 valence electrons. The van der Waals surface area contributed by atoms with E-state index < -0.39 is 0 Å². The number of ether oxygens (including phenoxy) is 1. The van der Waals surface area contributed by atoms with E-state index in [0.29, 0.717) is 6.10 Å². The van der Waals surface area contributed by atoms with Crippen molar-refractivity contribution in [3.8, 4) is 0 Å². The van der Waals surface area contributed by atoms with Crippen LogP contribution in [0.5, 0.6) is 0 Å². The lowest BCUT2D eigenvalue weighted by atomic mass is 10.1. The van der Waals surface area contributed by atoms with Crippen LogP contribution >= 0.6 is 0 Å². The number of para-hydroxylation sites is 1. The highest BCUT2D eigenvalue weighted by atomic mass is 16.5. The van der Waals surface area contributed by atoms with Gasteiger partial charge in [-0.05, 0) is 31.4 Å². The van der Waals surface area contributed by atoms with E-state index in [2.05, 4.69) is 48.1 Å². The maximum Gasteiger partial charge on any atom is 0.0700 e. The minimum atomic E-state index is 0.412. The quantitative estimate of drug-likeness (QED) is 0.912. The Bertz CT molecular complexity index is 528. The van der Waals surface area contributed by atoms with Crippen LogP contribution in [0.2, 0.25) is 0 Å². The highest BCUT2D eigenvalue weighted by molar-refractivity contribution is 5.85. The van der Waals surface area contributed by atoms with Crippen molar-refractivity contribution >= 4 is 10.9 Å². The van der Waals surface area contributed by atoms with Gasteiger partial charge in [0.1, 0.15) is 0 Å². The molecule has 19 heavy (non-hydrogen) atoms. The third-order valence-corrected chi connectivity index (χ3v) is 4.20. The Kier molecular flexibility index (Phi) is 3.58. The first-order valence-electron chi connectivity index (χ1n) is 7.12. The average Bonchev–Trinajstić information content (AvgIpc) is 3.02. The van der Waals surface area contributed by atoms with E-state index in [1.54, 1.807) is 0 Å². The smallest absolute Gasteiger partial charge is 0.0700 e. The Hall–Kier alpha value is -1.32. The van der Waals surface area contributed by atoms with Crippen LogP contribution in [0.3, 0.4) is 0 Å². The molecule has 3 heteroatoms. The predicted molar refractivity (Wildman–Crippen MR) is 78.3 cm³/mol. The fraction of sp³-hybridized carbons (Fsp3) is 0.500. The van der Waals surface area contributed by atoms with Crippen LogP contribution in [-0.4, -0.2) is 23.8 Å². The monoisotopic (exact) mass is 258 g/mol. The summed E-state index contributed by atoms with van der Waals surface area (Å²) in [5.74, 6) is 0. The normalized spacial score (nSPS) is 19.4. The summed E-state index contributed by atoms with van der Waals surface area (Å²) in [6.07, 6.45) is 2.82. The maximum absolute atomic E-state index is 5.64. The molecule has 0 saturated carbocycles. The van der Waals surface area contributed by atoms with Gasteiger partial charge in [-0.2, -0.15) is 0 Å². The van der Waals surface area contributed by atoms with Crippen LogP contribution in [0.1, 0.15) is 24.1 Å². The molecule has 1 aliphatic heterocycles. The summed E-state index contributed by atoms with van der Waals surface area (Å²) in [5, 5.41) is 4.90. The van der Waals surface area contributed by atoms with E-state index in [4.69, 9.17) is 4.74 Å². The molecular weight excluding hydrogens is 236 g/mol. The minimum absolute atomic E-state index is 0.412. The first-order chi connectivity index (χ1) is 9.27. The van der Waals surface area contributed by atoms with Crippen molar-refractivity contribution in [2.45, 2.75) is 32.4 Å². The molecule has 3 nitrogen and oxygen atoms in total. The number of aromatic nitrogens is 1. The zero-order valence-electron chi connectivity index (χ0n) is 11.8. The molecule has 1 aromatic heterocycles. The number of hydrogen-bond donors (Lipinski definition) is 1. The van der Waals surface area contributed by atoms with Crippen molar-refractivity contribution < 1.29 is 4.74 Å². The zero-order chi connectivity index (χ0) is 13.2. The Morgan fingerprint density at radius 1 is 1.37 bits per heavy atom.